The molecule has 2 heteroatoms. The Morgan fingerprint density at radius 1 is 1.64 bits per heavy atom. The molecule has 0 aliphatic rings. The van der Waals surface area contributed by atoms with Crippen molar-refractivity contribution in [3.05, 3.63) is 12.2 Å². The minimum atomic E-state index is 0.197. The van der Waals surface area contributed by atoms with Gasteiger partial charge in [0.25, 0.3) is 0 Å². The fraction of sp³-hybridized carbons (Fsp3) is 0.778. The molecule has 0 aromatic rings. The van der Waals surface area contributed by atoms with E-state index in [-0.39, 0.29) is 12.1 Å². The highest BCUT2D eigenvalue weighted by atomic mass is 16.5. The summed E-state index contributed by atoms with van der Waals surface area (Å²) < 4.78 is 5.09. The highest BCUT2D eigenvalue weighted by Crippen LogP contribution is 2.06. The van der Waals surface area contributed by atoms with Gasteiger partial charge in [0, 0.05) is 13.2 Å². The second-order valence-electron chi connectivity index (χ2n) is 3.20. The summed E-state index contributed by atoms with van der Waals surface area (Å²) in [6, 6.07) is 0.197. The average molecular weight is 157 g/mol. The lowest BCUT2D eigenvalue weighted by Gasteiger charge is -2.15. The molecule has 0 radical (unpaired) electrons. The Hall–Kier alpha value is -0.340. The van der Waals surface area contributed by atoms with Crippen molar-refractivity contribution in [1.82, 2.24) is 0 Å². The first-order chi connectivity index (χ1) is 5.06. The summed E-state index contributed by atoms with van der Waals surface area (Å²) in [7, 11) is 1.71. The van der Waals surface area contributed by atoms with Crippen molar-refractivity contribution in [2.45, 2.75) is 38.8 Å². The van der Waals surface area contributed by atoms with Crippen molar-refractivity contribution in [3.63, 3.8) is 0 Å². The van der Waals surface area contributed by atoms with Gasteiger partial charge in [-0.25, -0.2) is 0 Å². The van der Waals surface area contributed by atoms with E-state index in [1.165, 1.54) is 0 Å². The molecular formula is C9H19NO. The molecule has 0 saturated carbocycles. The van der Waals surface area contributed by atoms with Gasteiger partial charge in [0.1, 0.15) is 0 Å². The smallest absolute Gasteiger partial charge is 0.0558 e. The first-order valence-corrected chi connectivity index (χ1v) is 3.99. The van der Waals surface area contributed by atoms with Crippen LogP contribution >= 0.6 is 0 Å². The number of rotatable bonds is 5. The van der Waals surface area contributed by atoms with Gasteiger partial charge in [-0.05, 0) is 26.7 Å². The first kappa shape index (κ1) is 10.7. The molecule has 2 N–H and O–H groups in total. The first-order valence-electron chi connectivity index (χ1n) is 3.99. The molecule has 2 unspecified atom stereocenters. The summed E-state index contributed by atoms with van der Waals surface area (Å²) in [6.07, 6.45) is 2.06. The van der Waals surface area contributed by atoms with Gasteiger partial charge < -0.3 is 10.5 Å². The monoisotopic (exact) mass is 157 g/mol. The second-order valence-corrected chi connectivity index (χ2v) is 3.20. The summed E-state index contributed by atoms with van der Waals surface area (Å²) in [5.74, 6) is 0. The standard InChI is InChI=1S/C9H19NO/c1-7(2)5-9(10)6-8(3)11-4/h8-9H,1,5-6,10H2,2-4H3. The fourth-order valence-electron chi connectivity index (χ4n) is 1.05. The second kappa shape index (κ2) is 5.33. The summed E-state index contributed by atoms with van der Waals surface area (Å²) in [4.78, 5) is 0. The van der Waals surface area contributed by atoms with Crippen LogP contribution in [-0.4, -0.2) is 19.3 Å². The van der Waals surface area contributed by atoms with Gasteiger partial charge >= 0.3 is 0 Å². The molecule has 11 heavy (non-hydrogen) atoms. The van der Waals surface area contributed by atoms with Crippen LogP contribution in [0.1, 0.15) is 26.7 Å². The van der Waals surface area contributed by atoms with Crippen LogP contribution in [0.2, 0.25) is 0 Å². The van der Waals surface area contributed by atoms with E-state index in [2.05, 4.69) is 6.58 Å². The Bertz CT molecular complexity index is 123. The highest BCUT2D eigenvalue weighted by molar-refractivity contribution is 4.92. The summed E-state index contributed by atoms with van der Waals surface area (Å²) in [5, 5.41) is 0. The molecule has 0 bridgehead atoms. The molecular weight excluding hydrogens is 138 g/mol. The predicted molar refractivity (Wildman–Crippen MR) is 48.5 cm³/mol. The molecule has 0 aromatic heterocycles. The minimum Gasteiger partial charge on any atom is -0.382 e. The van der Waals surface area contributed by atoms with Crippen molar-refractivity contribution in [2.75, 3.05) is 7.11 Å². The molecule has 0 rings (SSSR count). The lowest BCUT2D eigenvalue weighted by Crippen LogP contribution is -2.25. The maximum Gasteiger partial charge on any atom is 0.0558 e. The van der Waals surface area contributed by atoms with Crippen molar-refractivity contribution < 1.29 is 4.74 Å². The van der Waals surface area contributed by atoms with Crippen molar-refractivity contribution in [3.8, 4) is 0 Å². The Morgan fingerprint density at radius 2 is 2.18 bits per heavy atom. The zero-order valence-corrected chi connectivity index (χ0v) is 7.76. The van der Waals surface area contributed by atoms with Gasteiger partial charge in [0.15, 0.2) is 0 Å². The summed E-state index contributed by atoms with van der Waals surface area (Å²) >= 11 is 0. The third kappa shape index (κ3) is 6.07. The van der Waals surface area contributed by atoms with Gasteiger partial charge in [0.2, 0.25) is 0 Å². The quantitative estimate of drug-likeness (QED) is 0.616. The van der Waals surface area contributed by atoms with E-state index in [0.29, 0.717) is 0 Å². The van der Waals surface area contributed by atoms with E-state index in [1.807, 2.05) is 13.8 Å². The topological polar surface area (TPSA) is 35.2 Å². The van der Waals surface area contributed by atoms with Crippen LogP contribution < -0.4 is 5.73 Å². The van der Waals surface area contributed by atoms with E-state index >= 15 is 0 Å². The zero-order valence-electron chi connectivity index (χ0n) is 7.76. The molecule has 2 nitrogen and oxygen atoms in total. The van der Waals surface area contributed by atoms with Crippen LogP contribution in [0.25, 0.3) is 0 Å². The van der Waals surface area contributed by atoms with Crippen molar-refractivity contribution >= 4 is 0 Å². The lowest BCUT2D eigenvalue weighted by atomic mass is 10.0. The van der Waals surface area contributed by atoms with Crippen LogP contribution in [0.15, 0.2) is 12.2 Å². The zero-order chi connectivity index (χ0) is 8.85. The van der Waals surface area contributed by atoms with E-state index in [1.54, 1.807) is 7.11 Å². The number of hydrogen-bond acceptors (Lipinski definition) is 2. The van der Waals surface area contributed by atoms with Gasteiger partial charge in [-0.2, -0.15) is 0 Å². The highest BCUT2D eigenvalue weighted by Gasteiger charge is 2.07. The van der Waals surface area contributed by atoms with Crippen molar-refractivity contribution in [1.29, 1.82) is 0 Å². The third-order valence-electron chi connectivity index (χ3n) is 1.65. The molecule has 0 aliphatic heterocycles. The number of hydrogen-bond donors (Lipinski definition) is 1. The van der Waals surface area contributed by atoms with Crippen LogP contribution in [0.3, 0.4) is 0 Å². The fourth-order valence-corrected chi connectivity index (χ4v) is 1.05. The molecule has 0 amide bonds. The number of nitrogens with two attached hydrogens (primary N) is 1. The SMILES string of the molecule is C=C(C)CC(N)CC(C)OC. The maximum atomic E-state index is 5.81. The Labute approximate surface area is 69.4 Å². The van der Waals surface area contributed by atoms with Crippen LogP contribution in [0.4, 0.5) is 0 Å². The molecule has 0 spiro atoms. The molecule has 0 fully saturated rings. The third-order valence-corrected chi connectivity index (χ3v) is 1.65. The Kier molecular flexibility index (Phi) is 5.16. The minimum absolute atomic E-state index is 0.197. The predicted octanol–water partition coefficient (Wildman–Crippen LogP) is 1.70. The number of ether oxygens (including phenoxy) is 1. The maximum absolute atomic E-state index is 5.81. The summed E-state index contributed by atoms with van der Waals surface area (Å²) in [5.41, 5.74) is 6.95. The van der Waals surface area contributed by atoms with Gasteiger partial charge in [-0.15, -0.1) is 6.58 Å². The van der Waals surface area contributed by atoms with Crippen molar-refractivity contribution in [2.24, 2.45) is 5.73 Å². The molecule has 0 saturated heterocycles. The lowest BCUT2D eigenvalue weighted by molar-refractivity contribution is 0.104. The van der Waals surface area contributed by atoms with Crippen LogP contribution in [0, 0.1) is 0 Å². The molecule has 66 valence electrons. The Balaban J connectivity index is 3.51. The van der Waals surface area contributed by atoms with Gasteiger partial charge in [0.05, 0.1) is 6.10 Å². The van der Waals surface area contributed by atoms with Crippen LogP contribution in [-0.2, 0) is 4.74 Å². The van der Waals surface area contributed by atoms with E-state index in [9.17, 15) is 0 Å². The van der Waals surface area contributed by atoms with Gasteiger partial charge in [-0.3, -0.25) is 0 Å². The van der Waals surface area contributed by atoms with E-state index in [4.69, 9.17) is 10.5 Å². The largest absolute Gasteiger partial charge is 0.382 e. The molecule has 2 atom stereocenters. The Morgan fingerprint density at radius 3 is 2.55 bits per heavy atom. The van der Waals surface area contributed by atoms with E-state index in [0.717, 1.165) is 18.4 Å². The molecule has 0 aromatic carbocycles. The van der Waals surface area contributed by atoms with Gasteiger partial charge in [-0.1, -0.05) is 5.57 Å². The summed E-state index contributed by atoms with van der Waals surface area (Å²) in [6.45, 7) is 7.83. The molecule has 0 aliphatic carbocycles. The van der Waals surface area contributed by atoms with Crippen LogP contribution in [0.5, 0.6) is 0 Å². The molecule has 0 heterocycles. The average Bonchev–Trinajstić information content (AvgIpc) is 1.85. The van der Waals surface area contributed by atoms with E-state index < -0.39 is 0 Å². The normalized spacial score (nSPS) is 16.0. The number of methoxy groups -OCH3 is 1.